The van der Waals surface area contributed by atoms with Crippen LogP contribution in [0.1, 0.15) is 6.42 Å². The molecule has 1 aromatic carbocycles. The topological polar surface area (TPSA) is 16.4 Å². The van der Waals surface area contributed by atoms with Gasteiger partial charge in [0.15, 0.2) is 5.88 Å². The highest BCUT2D eigenvalue weighted by Gasteiger charge is 2.11. The second-order valence-electron chi connectivity index (χ2n) is 3.83. The average Bonchev–Trinajstić information content (AvgIpc) is 2.74. The van der Waals surface area contributed by atoms with Crippen molar-refractivity contribution < 1.29 is 4.42 Å². The molecule has 76 valence electrons. The molecule has 0 N–H and O–H groups in total. The van der Waals surface area contributed by atoms with E-state index in [1.807, 2.05) is 18.2 Å². The smallest absolute Gasteiger partial charge is 0.197 e. The number of fused-ring (bicyclic) bond motifs is 1. The molecule has 0 bridgehead atoms. The molecule has 0 aliphatic carbocycles. The molecule has 2 heterocycles. The summed E-state index contributed by atoms with van der Waals surface area (Å²) in [5.41, 5.74) is 0.974. The van der Waals surface area contributed by atoms with Crippen LogP contribution in [0.3, 0.4) is 0 Å². The van der Waals surface area contributed by atoms with Crippen molar-refractivity contribution in [2.75, 3.05) is 18.0 Å². The molecule has 2 heteroatoms. The first-order valence-corrected chi connectivity index (χ1v) is 5.32. The maximum Gasteiger partial charge on any atom is 0.197 e. The predicted molar refractivity (Wildman–Crippen MR) is 62.2 cm³/mol. The zero-order valence-corrected chi connectivity index (χ0v) is 8.52. The van der Waals surface area contributed by atoms with Gasteiger partial charge in [0.05, 0.1) is 0 Å². The normalized spacial score (nSPS) is 16.1. The summed E-state index contributed by atoms with van der Waals surface area (Å²) in [6, 6.07) is 10.3. The van der Waals surface area contributed by atoms with Crippen molar-refractivity contribution in [3.05, 3.63) is 42.5 Å². The molecule has 0 amide bonds. The van der Waals surface area contributed by atoms with Gasteiger partial charge in [-0.05, 0) is 12.5 Å². The Balaban J connectivity index is 2.00. The number of hydrogen-bond acceptors (Lipinski definition) is 2. The average molecular weight is 199 g/mol. The molecule has 1 aromatic heterocycles. The minimum Gasteiger partial charge on any atom is -0.441 e. The van der Waals surface area contributed by atoms with E-state index in [2.05, 4.69) is 29.2 Å². The van der Waals surface area contributed by atoms with Crippen LogP contribution < -0.4 is 4.90 Å². The highest BCUT2D eigenvalue weighted by molar-refractivity contribution is 5.80. The number of furan rings is 1. The lowest BCUT2D eigenvalue weighted by atomic mass is 10.2. The summed E-state index contributed by atoms with van der Waals surface area (Å²) >= 11 is 0. The molecule has 0 unspecified atom stereocenters. The SMILES string of the molecule is C1=CCN(c2cc3ccccc3o2)CC1. The summed E-state index contributed by atoms with van der Waals surface area (Å²) in [6.07, 6.45) is 5.52. The molecule has 2 nitrogen and oxygen atoms in total. The van der Waals surface area contributed by atoms with Crippen LogP contribution in [0.2, 0.25) is 0 Å². The van der Waals surface area contributed by atoms with Crippen LogP contribution >= 0.6 is 0 Å². The van der Waals surface area contributed by atoms with Gasteiger partial charge in [0.2, 0.25) is 0 Å². The Bertz CT molecular complexity index is 465. The van der Waals surface area contributed by atoms with Gasteiger partial charge in [-0.25, -0.2) is 0 Å². The molecule has 1 aliphatic rings. The van der Waals surface area contributed by atoms with Crippen molar-refractivity contribution in [3.8, 4) is 0 Å². The highest BCUT2D eigenvalue weighted by atomic mass is 16.4. The van der Waals surface area contributed by atoms with Gasteiger partial charge in [0.1, 0.15) is 5.58 Å². The van der Waals surface area contributed by atoms with E-state index in [4.69, 9.17) is 4.42 Å². The fourth-order valence-corrected chi connectivity index (χ4v) is 1.97. The maximum absolute atomic E-state index is 5.80. The molecule has 0 fully saturated rings. The van der Waals surface area contributed by atoms with Crippen LogP contribution in [-0.4, -0.2) is 13.1 Å². The lowest BCUT2D eigenvalue weighted by Gasteiger charge is -2.22. The minimum absolute atomic E-state index is 0.958. The Labute approximate surface area is 88.8 Å². The first-order valence-electron chi connectivity index (χ1n) is 5.32. The molecule has 1 aliphatic heterocycles. The Kier molecular flexibility index (Phi) is 1.98. The van der Waals surface area contributed by atoms with Crippen molar-refractivity contribution in [2.24, 2.45) is 0 Å². The number of anilines is 1. The monoisotopic (exact) mass is 199 g/mol. The summed E-state index contributed by atoms with van der Waals surface area (Å²) in [4.78, 5) is 2.26. The van der Waals surface area contributed by atoms with Crippen LogP contribution in [-0.2, 0) is 0 Å². The second kappa shape index (κ2) is 3.46. The van der Waals surface area contributed by atoms with Crippen molar-refractivity contribution >= 4 is 16.9 Å². The Morgan fingerprint density at radius 3 is 2.87 bits per heavy atom. The number of para-hydroxylation sites is 1. The van der Waals surface area contributed by atoms with Gasteiger partial charge in [0, 0.05) is 24.5 Å². The maximum atomic E-state index is 5.80. The molecule has 2 aromatic rings. The molecule has 0 saturated heterocycles. The largest absolute Gasteiger partial charge is 0.441 e. The van der Waals surface area contributed by atoms with E-state index in [-0.39, 0.29) is 0 Å². The van der Waals surface area contributed by atoms with Gasteiger partial charge < -0.3 is 9.32 Å². The highest BCUT2D eigenvalue weighted by Crippen LogP contribution is 2.26. The van der Waals surface area contributed by atoms with Gasteiger partial charge in [0.25, 0.3) is 0 Å². The minimum atomic E-state index is 0.958. The van der Waals surface area contributed by atoms with Gasteiger partial charge in [-0.1, -0.05) is 30.4 Å². The van der Waals surface area contributed by atoms with Crippen LogP contribution in [0.25, 0.3) is 11.0 Å². The molecular weight excluding hydrogens is 186 g/mol. The Hall–Kier alpha value is -1.70. The van der Waals surface area contributed by atoms with Crippen molar-refractivity contribution in [2.45, 2.75) is 6.42 Å². The summed E-state index contributed by atoms with van der Waals surface area (Å²) in [5.74, 6) is 0.987. The fraction of sp³-hybridized carbons (Fsp3) is 0.231. The zero-order valence-electron chi connectivity index (χ0n) is 8.52. The third-order valence-electron chi connectivity index (χ3n) is 2.78. The third-order valence-corrected chi connectivity index (χ3v) is 2.78. The van der Waals surface area contributed by atoms with E-state index in [0.29, 0.717) is 0 Å². The lowest BCUT2D eigenvalue weighted by Crippen LogP contribution is -2.26. The van der Waals surface area contributed by atoms with Crippen LogP contribution in [0.5, 0.6) is 0 Å². The van der Waals surface area contributed by atoms with E-state index in [0.717, 1.165) is 31.0 Å². The van der Waals surface area contributed by atoms with Crippen molar-refractivity contribution in [3.63, 3.8) is 0 Å². The van der Waals surface area contributed by atoms with E-state index in [1.54, 1.807) is 0 Å². The number of nitrogens with zero attached hydrogens (tertiary/aromatic N) is 1. The Morgan fingerprint density at radius 2 is 2.07 bits per heavy atom. The van der Waals surface area contributed by atoms with Gasteiger partial charge in [-0.2, -0.15) is 0 Å². The van der Waals surface area contributed by atoms with Crippen LogP contribution in [0.15, 0.2) is 46.9 Å². The third kappa shape index (κ3) is 1.52. The fourth-order valence-electron chi connectivity index (χ4n) is 1.97. The number of hydrogen-bond donors (Lipinski definition) is 0. The van der Waals surface area contributed by atoms with E-state index in [1.165, 1.54) is 5.39 Å². The molecule has 15 heavy (non-hydrogen) atoms. The molecule has 3 rings (SSSR count). The molecule has 0 radical (unpaired) electrons. The van der Waals surface area contributed by atoms with Gasteiger partial charge in [-0.3, -0.25) is 0 Å². The first kappa shape index (κ1) is 8.60. The summed E-state index contributed by atoms with van der Waals surface area (Å²) < 4.78 is 5.80. The zero-order chi connectivity index (χ0) is 10.1. The quantitative estimate of drug-likeness (QED) is 0.656. The first-order chi connectivity index (χ1) is 7.43. The van der Waals surface area contributed by atoms with E-state index in [9.17, 15) is 0 Å². The second-order valence-corrected chi connectivity index (χ2v) is 3.83. The predicted octanol–water partition coefficient (Wildman–Crippen LogP) is 3.20. The molecular formula is C13H13NO. The lowest BCUT2D eigenvalue weighted by molar-refractivity contribution is 0.586. The van der Waals surface area contributed by atoms with Crippen molar-refractivity contribution in [1.82, 2.24) is 0 Å². The van der Waals surface area contributed by atoms with Gasteiger partial charge >= 0.3 is 0 Å². The standard InChI is InChI=1S/C13H13NO/c1-4-8-14(9-5-1)13-10-11-6-2-3-7-12(11)15-13/h1-4,6-7,10H,5,8-9H2. The Morgan fingerprint density at radius 1 is 1.13 bits per heavy atom. The van der Waals surface area contributed by atoms with Crippen LogP contribution in [0, 0.1) is 0 Å². The summed E-state index contributed by atoms with van der Waals surface area (Å²) in [5, 5.41) is 1.18. The molecule has 0 saturated carbocycles. The molecule has 0 atom stereocenters. The summed E-state index contributed by atoms with van der Waals surface area (Å²) in [7, 11) is 0. The van der Waals surface area contributed by atoms with Crippen LogP contribution in [0.4, 0.5) is 5.88 Å². The van der Waals surface area contributed by atoms with E-state index < -0.39 is 0 Å². The van der Waals surface area contributed by atoms with Crippen molar-refractivity contribution in [1.29, 1.82) is 0 Å². The van der Waals surface area contributed by atoms with Gasteiger partial charge in [-0.15, -0.1) is 0 Å². The number of benzene rings is 1. The van der Waals surface area contributed by atoms with E-state index >= 15 is 0 Å². The summed E-state index contributed by atoms with van der Waals surface area (Å²) in [6.45, 7) is 2.01. The molecule has 0 spiro atoms. The number of rotatable bonds is 1.